The second-order valence-corrected chi connectivity index (χ2v) is 5.23. The first-order valence-corrected chi connectivity index (χ1v) is 6.78. The smallest absolute Gasteiger partial charge is 0.231 e. The number of hydrogen-bond acceptors (Lipinski definition) is 3. The Morgan fingerprint density at radius 2 is 2.20 bits per heavy atom. The Morgan fingerprint density at radius 3 is 2.95 bits per heavy atom. The van der Waals surface area contributed by atoms with Crippen LogP contribution in [0.1, 0.15) is 12.5 Å². The lowest BCUT2D eigenvalue weighted by atomic mass is 9.87. The van der Waals surface area contributed by atoms with Crippen LogP contribution in [0.25, 0.3) is 0 Å². The molecule has 0 bridgehead atoms. The molecule has 1 aromatic carbocycles. The molecule has 0 saturated heterocycles. The van der Waals surface area contributed by atoms with Gasteiger partial charge in [0, 0.05) is 24.8 Å². The van der Waals surface area contributed by atoms with Crippen LogP contribution in [0, 0.1) is 5.92 Å². The van der Waals surface area contributed by atoms with Crippen molar-refractivity contribution < 1.29 is 4.79 Å². The number of amides is 1. The van der Waals surface area contributed by atoms with Crippen LogP contribution >= 0.6 is 0 Å². The average molecular weight is 270 g/mol. The Morgan fingerprint density at radius 1 is 1.40 bits per heavy atom. The van der Waals surface area contributed by atoms with E-state index in [1.54, 1.807) is 16.9 Å². The summed E-state index contributed by atoms with van der Waals surface area (Å²) in [6.07, 6.45) is 2.43. The van der Waals surface area contributed by atoms with E-state index in [1.165, 1.54) is 5.56 Å². The minimum Gasteiger partial charge on any atom is -0.382 e. The van der Waals surface area contributed by atoms with Crippen molar-refractivity contribution in [1.29, 1.82) is 0 Å². The van der Waals surface area contributed by atoms with Gasteiger partial charge in [0.25, 0.3) is 0 Å². The second-order valence-electron chi connectivity index (χ2n) is 5.23. The van der Waals surface area contributed by atoms with E-state index in [1.807, 2.05) is 26.1 Å². The molecule has 1 aromatic heterocycles. The fourth-order valence-electron chi connectivity index (χ4n) is 2.63. The molecule has 2 aromatic rings. The SMILES string of the molecule is CC1Nc2ccccc2CC1C(=O)Nc1ccnn1C. The van der Waals surface area contributed by atoms with Gasteiger partial charge in [0.15, 0.2) is 0 Å². The first-order chi connectivity index (χ1) is 9.65. The Balaban J connectivity index is 1.77. The maximum atomic E-state index is 12.4. The Hall–Kier alpha value is -2.30. The van der Waals surface area contributed by atoms with Gasteiger partial charge in [-0.1, -0.05) is 18.2 Å². The lowest BCUT2D eigenvalue weighted by molar-refractivity contribution is -0.120. The molecule has 0 saturated carbocycles. The van der Waals surface area contributed by atoms with Gasteiger partial charge in [0.05, 0.1) is 12.1 Å². The number of para-hydroxylation sites is 1. The van der Waals surface area contributed by atoms with Gasteiger partial charge >= 0.3 is 0 Å². The van der Waals surface area contributed by atoms with Crippen LogP contribution in [0.15, 0.2) is 36.5 Å². The molecule has 0 spiro atoms. The van der Waals surface area contributed by atoms with E-state index in [9.17, 15) is 4.79 Å². The third-order valence-corrected chi connectivity index (χ3v) is 3.85. The molecule has 5 nitrogen and oxygen atoms in total. The number of nitrogens with zero attached hydrogens (tertiary/aromatic N) is 2. The van der Waals surface area contributed by atoms with Crippen molar-refractivity contribution in [1.82, 2.24) is 9.78 Å². The number of fused-ring (bicyclic) bond motifs is 1. The maximum Gasteiger partial charge on any atom is 0.231 e. The zero-order chi connectivity index (χ0) is 14.1. The molecule has 104 valence electrons. The number of hydrogen-bond donors (Lipinski definition) is 2. The highest BCUT2D eigenvalue weighted by atomic mass is 16.2. The van der Waals surface area contributed by atoms with Crippen molar-refractivity contribution >= 4 is 17.4 Å². The number of aromatic nitrogens is 2. The summed E-state index contributed by atoms with van der Waals surface area (Å²) >= 11 is 0. The van der Waals surface area contributed by atoms with Crippen LogP contribution in [-0.2, 0) is 18.3 Å². The van der Waals surface area contributed by atoms with Crippen molar-refractivity contribution in [2.75, 3.05) is 10.6 Å². The number of nitrogens with one attached hydrogen (secondary N) is 2. The zero-order valence-electron chi connectivity index (χ0n) is 11.6. The van der Waals surface area contributed by atoms with Crippen molar-refractivity contribution in [3.05, 3.63) is 42.1 Å². The van der Waals surface area contributed by atoms with Crippen LogP contribution in [-0.4, -0.2) is 21.7 Å². The first-order valence-electron chi connectivity index (χ1n) is 6.78. The Kier molecular flexibility index (Phi) is 3.18. The van der Waals surface area contributed by atoms with E-state index >= 15 is 0 Å². The number of benzene rings is 1. The molecule has 0 radical (unpaired) electrons. The predicted octanol–water partition coefficient (Wildman–Crippen LogP) is 2.03. The number of aryl methyl sites for hydroxylation is 1. The summed E-state index contributed by atoms with van der Waals surface area (Å²) < 4.78 is 1.66. The van der Waals surface area contributed by atoms with Crippen molar-refractivity contribution in [3.63, 3.8) is 0 Å². The standard InChI is InChI=1S/C15H18N4O/c1-10-12(9-11-5-3-4-6-13(11)17-10)15(20)18-14-7-8-16-19(14)2/h3-8,10,12,17H,9H2,1-2H3,(H,18,20). The summed E-state index contributed by atoms with van der Waals surface area (Å²) in [6, 6.07) is 10.0. The Bertz CT molecular complexity index is 634. The highest BCUT2D eigenvalue weighted by Crippen LogP contribution is 2.28. The largest absolute Gasteiger partial charge is 0.382 e. The molecule has 1 aliphatic rings. The molecule has 2 atom stereocenters. The lowest BCUT2D eigenvalue weighted by Crippen LogP contribution is -2.40. The van der Waals surface area contributed by atoms with Gasteiger partial charge < -0.3 is 10.6 Å². The first kappa shape index (κ1) is 12.7. The minimum absolute atomic E-state index is 0.0307. The molecule has 2 heterocycles. The fraction of sp³-hybridized carbons (Fsp3) is 0.333. The van der Waals surface area contributed by atoms with E-state index in [0.717, 1.165) is 17.9 Å². The van der Waals surface area contributed by atoms with Crippen LogP contribution < -0.4 is 10.6 Å². The van der Waals surface area contributed by atoms with Gasteiger partial charge in [-0.3, -0.25) is 9.48 Å². The molecule has 20 heavy (non-hydrogen) atoms. The van der Waals surface area contributed by atoms with Crippen molar-refractivity contribution in [2.24, 2.45) is 13.0 Å². The summed E-state index contributed by atoms with van der Waals surface area (Å²) in [7, 11) is 1.81. The van der Waals surface area contributed by atoms with Crippen molar-refractivity contribution in [2.45, 2.75) is 19.4 Å². The van der Waals surface area contributed by atoms with E-state index in [-0.39, 0.29) is 17.9 Å². The molecule has 0 aliphatic carbocycles. The highest BCUT2D eigenvalue weighted by molar-refractivity contribution is 5.93. The number of carbonyl (C=O) groups excluding carboxylic acids is 1. The minimum atomic E-state index is -0.0835. The van der Waals surface area contributed by atoms with Gasteiger partial charge in [-0.15, -0.1) is 0 Å². The van der Waals surface area contributed by atoms with E-state index in [0.29, 0.717) is 0 Å². The third-order valence-electron chi connectivity index (χ3n) is 3.85. The van der Waals surface area contributed by atoms with Crippen LogP contribution in [0.4, 0.5) is 11.5 Å². The summed E-state index contributed by atoms with van der Waals surface area (Å²) in [5, 5.41) is 10.4. The molecule has 0 fully saturated rings. The van der Waals surface area contributed by atoms with Crippen LogP contribution in [0.5, 0.6) is 0 Å². The Labute approximate surface area is 118 Å². The number of anilines is 2. The topological polar surface area (TPSA) is 59.0 Å². The molecule has 1 amide bonds. The lowest BCUT2D eigenvalue weighted by Gasteiger charge is -2.31. The van der Waals surface area contributed by atoms with E-state index in [2.05, 4.69) is 27.9 Å². The van der Waals surface area contributed by atoms with Gasteiger partial charge in [-0.05, 0) is 25.0 Å². The highest BCUT2D eigenvalue weighted by Gasteiger charge is 2.30. The van der Waals surface area contributed by atoms with Crippen LogP contribution in [0.3, 0.4) is 0 Å². The predicted molar refractivity (Wildman–Crippen MR) is 78.6 cm³/mol. The summed E-state index contributed by atoms with van der Waals surface area (Å²) in [5.41, 5.74) is 2.32. The zero-order valence-corrected chi connectivity index (χ0v) is 11.6. The van der Waals surface area contributed by atoms with Crippen LogP contribution in [0.2, 0.25) is 0 Å². The van der Waals surface area contributed by atoms with Gasteiger partial charge in [-0.2, -0.15) is 5.10 Å². The summed E-state index contributed by atoms with van der Waals surface area (Å²) in [6.45, 7) is 2.05. The molecule has 5 heteroatoms. The quantitative estimate of drug-likeness (QED) is 0.878. The molecule has 3 rings (SSSR count). The molecular weight excluding hydrogens is 252 g/mol. The fourth-order valence-corrected chi connectivity index (χ4v) is 2.63. The van der Waals surface area contributed by atoms with Gasteiger partial charge in [0.2, 0.25) is 5.91 Å². The third kappa shape index (κ3) is 2.27. The van der Waals surface area contributed by atoms with Crippen molar-refractivity contribution in [3.8, 4) is 0 Å². The molecular formula is C15H18N4O. The van der Waals surface area contributed by atoms with E-state index < -0.39 is 0 Å². The normalized spacial score (nSPS) is 20.9. The summed E-state index contributed by atoms with van der Waals surface area (Å²) in [5.74, 6) is 0.670. The van der Waals surface area contributed by atoms with Gasteiger partial charge in [-0.25, -0.2) is 0 Å². The number of rotatable bonds is 2. The molecule has 2 N–H and O–H groups in total. The maximum absolute atomic E-state index is 12.4. The van der Waals surface area contributed by atoms with E-state index in [4.69, 9.17) is 0 Å². The summed E-state index contributed by atoms with van der Waals surface area (Å²) in [4.78, 5) is 12.4. The second kappa shape index (κ2) is 5.00. The number of carbonyl (C=O) groups is 1. The molecule has 1 aliphatic heterocycles. The van der Waals surface area contributed by atoms with Gasteiger partial charge in [0.1, 0.15) is 5.82 Å². The average Bonchev–Trinajstić information content (AvgIpc) is 2.83. The monoisotopic (exact) mass is 270 g/mol. The molecule has 2 unspecified atom stereocenters.